The van der Waals surface area contributed by atoms with Gasteiger partial charge in [-0.25, -0.2) is 4.98 Å². The quantitative estimate of drug-likeness (QED) is 0.492. The first kappa shape index (κ1) is 16.8. The Morgan fingerprint density at radius 1 is 1.15 bits per heavy atom. The largest absolute Gasteiger partial charge is 0.497 e. The van der Waals surface area contributed by atoms with Crippen molar-refractivity contribution in [2.75, 3.05) is 13.7 Å². The summed E-state index contributed by atoms with van der Waals surface area (Å²) in [6.45, 7) is 0.478. The first-order valence-corrected chi connectivity index (χ1v) is 8.64. The maximum atomic E-state index is 12.6. The Labute approximate surface area is 155 Å². The normalized spacial score (nSPS) is 10.9. The third-order valence-electron chi connectivity index (χ3n) is 4.35. The molecule has 0 aliphatic heterocycles. The molecule has 136 valence electrons. The number of nitrogens with zero attached hydrogens (tertiary/aromatic N) is 2. The molecule has 7 nitrogen and oxygen atoms in total. The van der Waals surface area contributed by atoms with Crippen LogP contribution in [0, 0.1) is 0 Å². The van der Waals surface area contributed by atoms with Crippen LogP contribution in [0.25, 0.3) is 22.3 Å². The summed E-state index contributed by atoms with van der Waals surface area (Å²) >= 11 is 0. The van der Waals surface area contributed by atoms with Crippen molar-refractivity contribution in [3.8, 4) is 17.0 Å². The highest BCUT2D eigenvalue weighted by Crippen LogP contribution is 2.23. The molecule has 0 aliphatic carbocycles. The van der Waals surface area contributed by atoms with E-state index in [1.807, 2.05) is 48.5 Å². The van der Waals surface area contributed by atoms with Crippen LogP contribution in [0.4, 0.5) is 0 Å². The van der Waals surface area contributed by atoms with E-state index in [-0.39, 0.29) is 5.91 Å². The number of benzene rings is 2. The number of rotatable bonds is 6. The van der Waals surface area contributed by atoms with E-state index in [0.29, 0.717) is 24.2 Å². The lowest BCUT2D eigenvalue weighted by Crippen LogP contribution is -2.26. The summed E-state index contributed by atoms with van der Waals surface area (Å²) in [4.78, 5) is 20.3. The smallest absolute Gasteiger partial charge is 0.255 e. The molecule has 0 spiro atoms. The molecule has 0 bridgehead atoms. The zero-order valence-electron chi connectivity index (χ0n) is 14.8. The van der Waals surface area contributed by atoms with E-state index in [9.17, 15) is 4.79 Å². The van der Waals surface area contributed by atoms with Gasteiger partial charge in [0.2, 0.25) is 0 Å². The fourth-order valence-corrected chi connectivity index (χ4v) is 2.95. The summed E-state index contributed by atoms with van der Waals surface area (Å²) in [5, 5.41) is 9.84. The summed E-state index contributed by atoms with van der Waals surface area (Å²) in [7, 11) is 1.62. The molecule has 4 rings (SSSR count). The lowest BCUT2D eigenvalue weighted by molar-refractivity contribution is 0.0954. The number of hydrogen-bond acceptors (Lipinski definition) is 4. The van der Waals surface area contributed by atoms with E-state index in [0.717, 1.165) is 28.2 Å². The Hall–Kier alpha value is -3.61. The van der Waals surface area contributed by atoms with Crippen molar-refractivity contribution in [1.29, 1.82) is 0 Å². The van der Waals surface area contributed by atoms with Gasteiger partial charge in [0.25, 0.3) is 5.91 Å². The van der Waals surface area contributed by atoms with Crippen LogP contribution in [0.15, 0.2) is 54.7 Å². The van der Waals surface area contributed by atoms with E-state index in [2.05, 4.69) is 25.5 Å². The summed E-state index contributed by atoms with van der Waals surface area (Å²) < 4.78 is 5.17. The maximum absolute atomic E-state index is 12.6. The molecule has 0 unspecified atom stereocenters. The average Bonchev–Trinajstić information content (AvgIpc) is 3.34. The van der Waals surface area contributed by atoms with Crippen molar-refractivity contribution in [2.24, 2.45) is 0 Å². The van der Waals surface area contributed by atoms with Crippen molar-refractivity contribution in [3.63, 3.8) is 0 Å². The van der Waals surface area contributed by atoms with Gasteiger partial charge in [0.1, 0.15) is 11.6 Å². The summed E-state index contributed by atoms with van der Waals surface area (Å²) in [6, 6.07) is 15.3. The molecule has 2 heterocycles. The number of fused-ring (bicyclic) bond motifs is 1. The molecule has 0 fully saturated rings. The number of para-hydroxylation sites is 2. The lowest BCUT2D eigenvalue weighted by Gasteiger charge is -2.06. The van der Waals surface area contributed by atoms with Gasteiger partial charge in [0.05, 0.1) is 35.6 Å². The van der Waals surface area contributed by atoms with Crippen LogP contribution in [0.2, 0.25) is 0 Å². The summed E-state index contributed by atoms with van der Waals surface area (Å²) in [5.41, 5.74) is 3.98. The molecule has 0 aliphatic rings. The predicted molar refractivity (Wildman–Crippen MR) is 103 cm³/mol. The zero-order chi connectivity index (χ0) is 18.6. The first-order chi connectivity index (χ1) is 13.2. The van der Waals surface area contributed by atoms with Crippen molar-refractivity contribution in [3.05, 3.63) is 66.1 Å². The summed E-state index contributed by atoms with van der Waals surface area (Å²) in [6.07, 6.45) is 2.16. The van der Waals surface area contributed by atoms with E-state index in [1.165, 1.54) is 6.20 Å². The molecule has 7 heteroatoms. The molecular weight excluding hydrogens is 342 g/mol. The second-order valence-electron chi connectivity index (χ2n) is 6.09. The number of imidazole rings is 1. The van der Waals surface area contributed by atoms with E-state index in [1.54, 1.807) is 7.11 Å². The fourth-order valence-electron chi connectivity index (χ4n) is 2.95. The van der Waals surface area contributed by atoms with E-state index in [4.69, 9.17) is 4.74 Å². The van der Waals surface area contributed by atoms with Gasteiger partial charge in [-0.3, -0.25) is 9.89 Å². The number of H-pyrrole nitrogens is 2. The maximum Gasteiger partial charge on any atom is 0.255 e. The highest BCUT2D eigenvalue weighted by molar-refractivity contribution is 5.99. The number of nitrogens with one attached hydrogen (secondary N) is 3. The predicted octanol–water partition coefficient (Wildman–Crippen LogP) is 2.93. The molecular formula is C20H19N5O2. The van der Waals surface area contributed by atoms with Crippen molar-refractivity contribution in [1.82, 2.24) is 25.5 Å². The van der Waals surface area contributed by atoms with Gasteiger partial charge < -0.3 is 15.0 Å². The Morgan fingerprint density at radius 3 is 2.74 bits per heavy atom. The Morgan fingerprint density at radius 2 is 1.96 bits per heavy atom. The Kier molecular flexibility index (Phi) is 4.57. The van der Waals surface area contributed by atoms with Crippen molar-refractivity contribution in [2.45, 2.75) is 6.42 Å². The van der Waals surface area contributed by atoms with Crippen LogP contribution in [0.1, 0.15) is 16.2 Å². The molecule has 1 amide bonds. The number of amides is 1. The van der Waals surface area contributed by atoms with Gasteiger partial charge in [-0.15, -0.1) is 0 Å². The van der Waals surface area contributed by atoms with Gasteiger partial charge in [0, 0.05) is 18.5 Å². The fraction of sp³-hybridized carbons (Fsp3) is 0.150. The van der Waals surface area contributed by atoms with Gasteiger partial charge in [0.15, 0.2) is 0 Å². The number of methoxy groups -OCH3 is 1. The van der Waals surface area contributed by atoms with Crippen LogP contribution < -0.4 is 10.1 Å². The van der Waals surface area contributed by atoms with Crippen LogP contribution in [0.3, 0.4) is 0 Å². The summed E-state index contributed by atoms with van der Waals surface area (Å²) in [5.74, 6) is 1.43. The Bertz CT molecular complexity index is 1030. The lowest BCUT2D eigenvalue weighted by atomic mass is 10.1. The van der Waals surface area contributed by atoms with E-state index >= 15 is 0 Å². The first-order valence-electron chi connectivity index (χ1n) is 8.64. The van der Waals surface area contributed by atoms with Crippen molar-refractivity contribution >= 4 is 16.9 Å². The Balaban J connectivity index is 1.42. The van der Waals surface area contributed by atoms with Gasteiger partial charge >= 0.3 is 0 Å². The average molecular weight is 361 g/mol. The number of aromatic nitrogens is 4. The number of carbonyl (C=O) groups excluding carboxylic acids is 1. The van der Waals surface area contributed by atoms with Gasteiger partial charge in [-0.2, -0.15) is 5.10 Å². The number of aromatic amines is 2. The molecule has 0 saturated carbocycles. The highest BCUT2D eigenvalue weighted by atomic mass is 16.5. The molecule has 3 N–H and O–H groups in total. The van der Waals surface area contributed by atoms with Crippen LogP contribution in [0.5, 0.6) is 5.75 Å². The third-order valence-corrected chi connectivity index (χ3v) is 4.35. The number of carbonyl (C=O) groups is 1. The molecule has 0 atom stereocenters. The zero-order valence-corrected chi connectivity index (χ0v) is 14.8. The highest BCUT2D eigenvalue weighted by Gasteiger charge is 2.15. The second-order valence-corrected chi connectivity index (χ2v) is 6.09. The van der Waals surface area contributed by atoms with Gasteiger partial charge in [-0.05, 0) is 36.4 Å². The van der Waals surface area contributed by atoms with Crippen molar-refractivity contribution < 1.29 is 9.53 Å². The SMILES string of the molecule is COc1ccc(-c2[nH]ncc2C(=O)NCCc2nc3ccccc3[nH]2)cc1. The molecule has 0 radical (unpaired) electrons. The van der Waals surface area contributed by atoms with E-state index < -0.39 is 0 Å². The molecule has 2 aromatic carbocycles. The van der Waals surface area contributed by atoms with Crippen LogP contribution >= 0.6 is 0 Å². The number of ether oxygens (including phenoxy) is 1. The third kappa shape index (κ3) is 3.52. The minimum atomic E-state index is -0.175. The van der Waals surface area contributed by atoms with Crippen LogP contribution in [-0.4, -0.2) is 39.7 Å². The second kappa shape index (κ2) is 7.33. The van der Waals surface area contributed by atoms with Crippen LogP contribution in [-0.2, 0) is 6.42 Å². The molecule has 2 aromatic heterocycles. The molecule has 0 saturated heterocycles. The van der Waals surface area contributed by atoms with Gasteiger partial charge in [-0.1, -0.05) is 12.1 Å². The topological polar surface area (TPSA) is 95.7 Å². The molecule has 27 heavy (non-hydrogen) atoms. The monoisotopic (exact) mass is 361 g/mol. The molecule has 4 aromatic rings. The minimum absolute atomic E-state index is 0.175. The minimum Gasteiger partial charge on any atom is -0.497 e. The number of hydrogen-bond donors (Lipinski definition) is 3. The standard InChI is InChI=1S/C20H19N5O2/c1-27-14-8-6-13(7-9-14)19-15(12-22-25-19)20(26)21-11-10-18-23-16-4-2-3-5-17(16)24-18/h2-9,12H,10-11H2,1H3,(H,21,26)(H,22,25)(H,23,24).